The maximum absolute atomic E-state index is 11.2. The zero-order chi connectivity index (χ0) is 13.1. The first-order valence-electron chi connectivity index (χ1n) is 6.69. The number of nitrogens with zero attached hydrogens (tertiary/aromatic N) is 1. The maximum atomic E-state index is 11.2. The van der Waals surface area contributed by atoms with Crippen LogP contribution in [-0.4, -0.2) is 57.5 Å². The largest absolute Gasteiger partial charge is 0.317 e. The summed E-state index contributed by atoms with van der Waals surface area (Å²) in [5.41, 5.74) is 0. The minimum Gasteiger partial charge on any atom is -0.317 e. The first-order valence-corrected chi connectivity index (χ1v) is 8.51. The highest BCUT2D eigenvalue weighted by Gasteiger charge is 2.05. The summed E-state index contributed by atoms with van der Waals surface area (Å²) in [4.78, 5) is 2.39. The molecule has 0 radical (unpaired) electrons. The number of hydrogen-bond donors (Lipinski definition) is 1. The minimum absolute atomic E-state index is 0.259. The summed E-state index contributed by atoms with van der Waals surface area (Å²) in [7, 11) is -2.78. The zero-order valence-corrected chi connectivity index (χ0v) is 12.4. The lowest BCUT2D eigenvalue weighted by molar-refractivity contribution is 0.298. The summed E-state index contributed by atoms with van der Waals surface area (Å²) >= 11 is 0. The fraction of sp³-hybridized carbons (Fsp3) is 1.00. The van der Waals surface area contributed by atoms with Gasteiger partial charge in [0.25, 0.3) is 0 Å². The van der Waals surface area contributed by atoms with E-state index in [1.807, 2.05) is 0 Å². The van der Waals surface area contributed by atoms with Crippen LogP contribution >= 0.6 is 0 Å². The van der Waals surface area contributed by atoms with Gasteiger partial charge in [-0.3, -0.25) is 0 Å². The van der Waals surface area contributed by atoms with Gasteiger partial charge < -0.3 is 10.2 Å². The van der Waals surface area contributed by atoms with Crippen LogP contribution in [0.25, 0.3) is 0 Å². The molecule has 0 aliphatic rings. The third-order valence-electron chi connectivity index (χ3n) is 2.97. The summed E-state index contributed by atoms with van der Waals surface area (Å²) < 4.78 is 22.4. The maximum Gasteiger partial charge on any atom is 0.150 e. The molecule has 0 aromatic heterocycles. The molecule has 0 bridgehead atoms. The van der Waals surface area contributed by atoms with Crippen LogP contribution in [0.5, 0.6) is 0 Å². The van der Waals surface area contributed by atoms with Crippen LogP contribution in [0.4, 0.5) is 0 Å². The van der Waals surface area contributed by atoms with Crippen LogP contribution in [0.1, 0.15) is 33.6 Å². The van der Waals surface area contributed by atoms with E-state index in [1.165, 1.54) is 0 Å². The highest BCUT2D eigenvalue weighted by molar-refractivity contribution is 7.91. The average Bonchev–Trinajstić information content (AvgIpc) is 2.33. The molecule has 0 aromatic rings. The predicted octanol–water partition coefficient (Wildman–Crippen LogP) is 1.13. The second-order valence-corrected chi connectivity index (χ2v) is 6.69. The van der Waals surface area contributed by atoms with Crippen molar-refractivity contribution in [2.24, 2.45) is 0 Å². The number of nitrogens with one attached hydrogen (secondary N) is 1. The standard InChI is InChI=1S/C12H28N2O2S/c1-4-14(5-2)11-7-9-13-10-8-12-17(15,16)6-3/h13H,4-12H2,1-3H3. The molecule has 4 nitrogen and oxygen atoms in total. The number of sulfone groups is 1. The van der Waals surface area contributed by atoms with Crippen LogP contribution in [0.15, 0.2) is 0 Å². The van der Waals surface area contributed by atoms with Crippen molar-refractivity contribution in [2.45, 2.75) is 33.6 Å². The van der Waals surface area contributed by atoms with Crippen molar-refractivity contribution in [1.82, 2.24) is 10.2 Å². The van der Waals surface area contributed by atoms with Crippen LogP contribution in [0.2, 0.25) is 0 Å². The Morgan fingerprint density at radius 1 is 1.00 bits per heavy atom. The normalized spacial score (nSPS) is 12.2. The predicted molar refractivity (Wildman–Crippen MR) is 74.2 cm³/mol. The molecule has 17 heavy (non-hydrogen) atoms. The van der Waals surface area contributed by atoms with Gasteiger partial charge in [-0.15, -0.1) is 0 Å². The molecule has 5 heteroatoms. The van der Waals surface area contributed by atoms with Gasteiger partial charge in [0.1, 0.15) is 9.84 Å². The molecule has 0 saturated heterocycles. The van der Waals surface area contributed by atoms with Gasteiger partial charge in [0.15, 0.2) is 0 Å². The Morgan fingerprint density at radius 3 is 2.12 bits per heavy atom. The molecule has 0 spiro atoms. The summed E-state index contributed by atoms with van der Waals surface area (Å²) in [6.45, 7) is 11.1. The molecule has 0 heterocycles. The van der Waals surface area contributed by atoms with Gasteiger partial charge in [-0.2, -0.15) is 0 Å². The molecule has 104 valence electrons. The van der Waals surface area contributed by atoms with Crippen LogP contribution in [-0.2, 0) is 9.84 Å². The molecular formula is C12H28N2O2S. The van der Waals surface area contributed by atoms with E-state index < -0.39 is 9.84 Å². The van der Waals surface area contributed by atoms with Crippen molar-refractivity contribution < 1.29 is 8.42 Å². The van der Waals surface area contributed by atoms with Crippen molar-refractivity contribution >= 4 is 9.84 Å². The van der Waals surface area contributed by atoms with Crippen molar-refractivity contribution in [3.63, 3.8) is 0 Å². The highest BCUT2D eigenvalue weighted by Crippen LogP contribution is 1.93. The average molecular weight is 264 g/mol. The van der Waals surface area contributed by atoms with E-state index in [9.17, 15) is 8.42 Å². The third kappa shape index (κ3) is 9.56. The Balaban J connectivity index is 3.36. The molecule has 0 unspecified atom stereocenters. The lowest BCUT2D eigenvalue weighted by Crippen LogP contribution is -2.28. The molecule has 0 fully saturated rings. The topological polar surface area (TPSA) is 49.4 Å². The van der Waals surface area contributed by atoms with Gasteiger partial charge in [0.05, 0.1) is 5.75 Å². The Labute approximate surface area is 107 Å². The van der Waals surface area contributed by atoms with E-state index in [1.54, 1.807) is 6.92 Å². The van der Waals surface area contributed by atoms with Gasteiger partial charge in [-0.05, 0) is 45.6 Å². The molecule has 1 N–H and O–H groups in total. The third-order valence-corrected chi connectivity index (χ3v) is 4.76. The fourth-order valence-electron chi connectivity index (χ4n) is 1.65. The van der Waals surface area contributed by atoms with Crippen LogP contribution < -0.4 is 5.32 Å². The van der Waals surface area contributed by atoms with Gasteiger partial charge in [0.2, 0.25) is 0 Å². The molecule has 0 rings (SSSR count). The molecular weight excluding hydrogens is 236 g/mol. The van der Waals surface area contributed by atoms with Gasteiger partial charge in [-0.1, -0.05) is 20.8 Å². The van der Waals surface area contributed by atoms with Crippen LogP contribution in [0, 0.1) is 0 Å². The quantitative estimate of drug-likeness (QED) is 0.568. The van der Waals surface area contributed by atoms with Gasteiger partial charge >= 0.3 is 0 Å². The summed E-state index contributed by atoms with van der Waals surface area (Å²) in [5, 5.41) is 3.29. The minimum atomic E-state index is -2.78. The highest BCUT2D eigenvalue weighted by atomic mass is 32.2. The lowest BCUT2D eigenvalue weighted by Gasteiger charge is -2.17. The second kappa shape index (κ2) is 9.85. The Kier molecular flexibility index (Phi) is 9.78. The molecule has 0 amide bonds. The monoisotopic (exact) mass is 264 g/mol. The molecule has 0 aromatic carbocycles. The van der Waals surface area contributed by atoms with Gasteiger partial charge in [0, 0.05) is 5.75 Å². The van der Waals surface area contributed by atoms with Crippen LogP contribution in [0.3, 0.4) is 0 Å². The van der Waals surface area contributed by atoms with E-state index in [0.717, 1.165) is 45.6 Å². The van der Waals surface area contributed by atoms with Crippen molar-refractivity contribution in [2.75, 3.05) is 44.2 Å². The molecule has 0 aliphatic heterocycles. The number of rotatable bonds is 11. The Morgan fingerprint density at radius 2 is 1.59 bits per heavy atom. The smallest absolute Gasteiger partial charge is 0.150 e. The lowest BCUT2D eigenvalue weighted by atomic mass is 10.3. The van der Waals surface area contributed by atoms with E-state index in [4.69, 9.17) is 0 Å². The SMILES string of the molecule is CCN(CC)CCCNCCCS(=O)(=O)CC. The van der Waals surface area contributed by atoms with E-state index in [2.05, 4.69) is 24.1 Å². The Hall–Kier alpha value is -0.130. The second-order valence-electron chi connectivity index (χ2n) is 4.22. The Bertz CT molecular complexity index is 262. The number of hydrogen-bond acceptors (Lipinski definition) is 4. The summed E-state index contributed by atoms with van der Waals surface area (Å²) in [5.74, 6) is 0.571. The van der Waals surface area contributed by atoms with E-state index >= 15 is 0 Å². The summed E-state index contributed by atoms with van der Waals surface area (Å²) in [6.07, 6.45) is 1.85. The van der Waals surface area contributed by atoms with E-state index in [0.29, 0.717) is 5.75 Å². The van der Waals surface area contributed by atoms with E-state index in [-0.39, 0.29) is 5.75 Å². The molecule has 0 aliphatic carbocycles. The fourth-order valence-corrected chi connectivity index (χ4v) is 2.53. The van der Waals surface area contributed by atoms with Crippen molar-refractivity contribution in [3.8, 4) is 0 Å². The molecule has 0 saturated carbocycles. The summed E-state index contributed by atoms with van der Waals surface area (Å²) in [6, 6.07) is 0. The zero-order valence-electron chi connectivity index (χ0n) is 11.5. The first kappa shape index (κ1) is 16.9. The van der Waals surface area contributed by atoms with Gasteiger partial charge in [-0.25, -0.2) is 8.42 Å². The van der Waals surface area contributed by atoms with Crippen molar-refractivity contribution in [3.05, 3.63) is 0 Å². The van der Waals surface area contributed by atoms with Crippen molar-refractivity contribution in [1.29, 1.82) is 0 Å². The first-order chi connectivity index (χ1) is 8.05. The molecule has 0 atom stereocenters.